The largest absolute Gasteiger partial charge is 0.271 e. The number of benzene rings is 2. The first-order valence-corrected chi connectivity index (χ1v) is 7.06. The van der Waals surface area contributed by atoms with Crippen LogP contribution in [-0.4, -0.2) is 12.1 Å². The van der Waals surface area contributed by atoms with Gasteiger partial charge in [0.25, 0.3) is 5.91 Å². The smallest absolute Gasteiger partial charge is 0.267 e. The quantitative estimate of drug-likeness (QED) is 0.678. The molecular formula is C18H19FN2O. The summed E-state index contributed by atoms with van der Waals surface area (Å²) < 4.78 is 13.4. The van der Waals surface area contributed by atoms with Gasteiger partial charge in [0.1, 0.15) is 5.82 Å². The molecule has 2 aromatic carbocycles. The summed E-state index contributed by atoms with van der Waals surface area (Å²) in [4.78, 5) is 12.0. The third kappa shape index (κ3) is 4.01. The molecule has 0 radical (unpaired) electrons. The van der Waals surface area contributed by atoms with Crippen molar-refractivity contribution in [2.45, 2.75) is 26.2 Å². The first-order valence-electron chi connectivity index (χ1n) is 7.06. The van der Waals surface area contributed by atoms with Crippen LogP contribution < -0.4 is 5.43 Å². The molecule has 0 atom stereocenters. The van der Waals surface area contributed by atoms with E-state index in [4.69, 9.17) is 0 Å². The highest BCUT2D eigenvalue weighted by atomic mass is 19.1. The number of hydrogen-bond acceptors (Lipinski definition) is 2. The highest BCUT2D eigenvalue weighted by molar-refractivity contribution is 5.94. The van der Waals surface area contributed by atoms with Gasteiger partial charge in [0.15, 0.2) is 0 Å². The van der Waals surface area contributed by atoms with Crippen LogP contribution in [0.15, 0.2) is 53.6 Å². The minimum Gasteiger partial charge on any atom is -0.267 e. The van der Waals surface area contributed by atoms with E-state index in [1.54, 1.807) is 30.3 Å². The van der Waals surface area contributed by atoms with Gasteiger partial charge in [-0.2, -0.15) is 5.10 Å². The number of carbonyl (C=O) groups is 1. The van der Waals surface area contributed by atoms with E-state index in [1.807, 2.05) is 12.1 Å². The molecule has 0 bridgehead atoms. The van der Waals surface area contributed by atoms with Gasteiger partial charge in [-0.05, 0) is 29.2 Å². The van der Waals surface area contributed by atoms with E-state index < -0.39 is 0 Å². The Hall–Kier alpha value is -2.49. The van der Waals surface area contributed by atoms with Crippen LogP contribution in [0.25, 0.3) is 0 Å². The average molecular weight is 298 g/mol. The molecule has 0 aliphatic rings. The molecule has 1 N–H and O–H groups in total. The summed E-state index contributed by atoms with van der Waals surface area (Å²) in [5.41, 5.74) is 4.43. The number of hydrazone groups is 1. The number of carbonyl (C=O) groups excluding carboxylic acids is 1. The fourth-order valence-electron chi connectivity index (χ4n) is 1.93. The minimum atomic E-state index is -0.380. The van der Waals surface area contributed by atoms with Gasteiger partial charge in [0, 0.05) is 11.1 Å². The van der Waals surface area contributed by atoms with Gasteiger partial charge in [-0.15, -0.1) is 0 Å². The van der Waals surface area contributed by atoms with E-state index in [0.29, 0.717) is 11.1 Å². The Kier molecular flexibility index (Phi) is 4.71. The molecule has 0 spiro atoms. The zero-order valence-electron chi connectivity index (χ0n) is 12.9. The molecule has 0 fully saturated rings. The molecule has 114 valence electrons. The Morgan fingerprint density at radius 1 is 1.09 bits per heavy atom. The maximum absolute atomic E-state index is 13.4. The topological polar surface area (TPSA) is 41.5 Å². The van der Waals surface area contributed by atoms with Crippen LogP contribution in [-0.2, 0) is 5.41 Å². The second kappa shape index (κ2) is 6.52. The van der Waals surface area contributed by atoms with E-state index in [2.05, 4.69) is 31.3 Å². The molecule has 0 unspecified atom stereocenters. The van der Waals surface area contributed by atoms with Crippen molar-refractivity contribution >= 4 is 12.1 Å². The summed E-state index contributed by atoms with van der Waals surface area (Å²) in [5, 5.41) is 3.79. The van der Waals surface area contributed by atoms with Crippen molar-refractivity contribution < 1.29 is 9.18 Å². The number of nitrogens with zero attached hydrogens (tertiary/aromatic N) is 1. The molecule has 3 nitrogen and oxygen atoms in total. The Morgan fingerprint density at radius 2 is 1.73 bits per heavy atom. The van der Waals surface area contributed by atoms with Crippen molar-refractivity contribution in [2.75, 3.05) is 0 Å². The number of amides is 1. The lowest BCUT2D eigenvalue weighted by atomic mass is 9.87. The molecule has 2 aromatic rings. The van der Waals surface area contributed by atoms with Crippen LogP contribution >= 0.6 is 0 Å². The van der Waals surface area contributed by atoms with E-state index in [-0.39, 0.29) is 17.1 Å². The summed E-state index contributed by atoms with van der Waals surface area (Å²) in [5.74, 6) is -0.705. The highest BCUT2D eigenvalue weighted by Crippen LogP contribution is 2.22. The van der Waals surface area contributed by atoms with Gasteiger partial charge in [-0.3, -0.25) is 4.79 Å². The third-order valence-electron chi connectivity index (χ3n) is 3.29. The fraction of sp³-hybridized carbons (Fsp3) is 0.222. The Labute approximate surface area is 129 Å². The van der Waals surface area contributed by atoms with E-state index in [1.165, 1.54) is 12.3 Å². The highest BCUT2D eigenvalue weighted by Gasteiger charge is 2.14. The molecule has 0 saturated carbocycles. The van der Waals surface area contributed by atoms with Crippen LogP contribution in [0, 0.1) is 5.82 Å². The summed E-state index contributed by atoms with van der Waals surface area (Å²) in [6.45, 7) is 6.34. The molecule has 0 saturated heterocycles. The average Bonchev–Trinajstić information content (AvgIpc) is 2.48. The minimum absolute atomic E-state index is 0.0397. The first-order chi connectivity index (χ1) is 10.4. The number of halogens is 1. The summed E-state index contributed by atoms with van der Waals surface area (Å²) in [6, 6.07) is 13.6. The normalized spacial score (nSPS) is 11.6. The summed E-state index contributed by atoms with van der Waals surface area (Å²) >= 11 is 0. The maximum atomic E-state index is 13.4. The van der Waals surface area contributed by atoms with Crippen molar-refractivity contribution in [1.82, 2.24) is 5.43 Å². The Bertz CT molecular complexity index is 685. The third-order valence-corrected chi connectivity index (χ3v) is 3.29. The number of rotatable bonds is 3. The van der Waals surface area contributed by atoms with E-state index in [9.17, 15) is 9.18 Å². The van der Waals surface area contributed by atoms with Crippen LogP contribution in [0.2, 0.25) is 0 Å². The predicted molar refractivity (Wildman–Crippen MR) is 86.6 cm³/mol. The Morgan fingerprint density at radius 3 is 2.32 bits per heavy atom. The molecule has 0 heterocycles. The van der Waals surface area contributed by atoms with E-state index >= 15 is 0 Å². The van der Waals surface area contributed by atoms with Crippen molar-refractivity contribution in [1.29, 1.82) is 0 Å². The second-order valence-electron chi connectivity index (χ2n) is 6.05. The van der Waals surface area contributed by atoms with Crippen molar-refractivity contribution in [2.24, 2.45) is 5.10 Å². The van der Waals surface area contributed by atoms with Gasteiger partial charge in [0.2, 0.25) is 0 Å². The van der Waals surface area contributed by atoms with Crippen molar-refractivity contribution in [3.05, 3.63) is 71.0 Å². The van der Waals surface area contributed by atoms with Crippen molar-refractivity contribution in [3.8, 4) is 0 Å². The molecule has 1 amide bonds. The number of nitrogens with one attached hydrogen (secondary N) is 1. The summed E-state index contributed by atoms with van der Waals surface area (Å²) in [7, 11) is 0. The van der Waals surface area contributed by atoms with Crippen LogP contribution in [0.1, 0.15) is 42.3 Å². The Balaban J connectivity index is 2.02. The lowest BCUT2D eigenvalue weighted by Gasteiger charge is -2.18. The van der Waals surface area contributed by atoms with Crippen LogP contribution in [0.4, 0.5) is 4.39 Å². The SMILES string of the molecule is CC(C)(C)c1ccc(C(=O)N/N=C\c2ccccc2F)cc1. The van der Waals surface area contributed by atoms with Gasteiger partial charge in [-0.25, -0.2) is 9.82 Å². The zero-order valence-corrected chi connectivity index (χ0v) is 12.9. The molecule has 0 aliphatic carbocycles. The lowest BCUT2D eigenvalue weighted by Crippen LogP contribution is -2.18. The molecule has 0 aliphatic heterocycles. The summed E-state index contributed by atoms with van der Waals surface area (Å²) in [6.07, 6.45) is 1.29. The monoisotopic (exact) mass is 298 g/mol. The number of hydrogen-bond donors (Lipinski definition) is 1. The van der Waals surface area contributed by atoms with Gasteiger partial charge >= 0.3 is 0 Å². The van der Waals surface area contributed by atoms with Crippen molar-refractivity contribution in [3.63, 3.8) is 0 Å². The van der Waals surface area contributed by atoms with Gasteiger partial charge in [-0.1, -0.05) is 51.1 Å². The lowest BCUT2D eigenvalue weighted by molar-refractivity contribution is 0.0955. The molecule has 2 rings (SSSR count). The van der Waals surface area contributed by atoms with Crippen LogP contribution in [0.5, 0.6) is 0 Å². The fourth-order valence-corrected chi connectivity index (χ4v) is 1.93. The predicted octanol–water partition coefficient (Wildman–Crippen LogP) is 3.89. The van der Waals surface area contributed by atoms with Crippen LogP contribution in [0.3, 0.4) is 0 Å². The molecule has 0 aromatic heterocycles. The molecule has 22 heavy (non-hydrogen) atoms. The van der Waals surface area contributed by atoms with Gasteiger partial charge < -0.3 is 0 Å². The first kappa shape index (κ1) is 15.9. The molecular weight excluding hydrogens is 279 g/mol. The van der Waals surface area contributed by atoms with Gasteiger partial charge in [0.05, 0.1) is 6.21 Å². The second-order valence-corrected chi connectivity index (χ2v) is 6.05. The van der Waals surface area contributed by atoms with E-state index in [0.717, 1.165) is 5.56 Å². The standard InChI is InChI=1S/C18H19FN2O/c1-18(2,3)15-10-8-13(9-11-15)17(22)21-20-12-14-6-4-5-7-16(14)19/h4-12H,1-3H3,(H,21,22)/b20-12-. The maximum Gasteiger partial charge on any atom is 0.271 e. The zero-order chi connectivity index (χ0) is 16.2. The molecule has 4 heteroatoms.